The van der Waals surface area contributed by atoms with Crippen molar-refractivity contribution in [1.82, 2.24) is 15.3 Å². The minimum absolute atomic E-state index is 0.918. The van der Waals surface area contributed by atoms with Crippen LogP contribution in [0.3, 0.4) is 0 Å². The number of imidazole rings is 1. The van der Waals surface area contributed by atoms with Crippen LogP contribution in [0, 0.1) is 0 Å². The molecule has 2 N–H and O–H groups in total. The van der Waals surface area contributed by atoms with Gasteiger partial charge in [0.25, 0.3) is 0 Å². The normalized spacial score (nSPS) is 14.9. The van der Waals surface area contributed by atoms with Gasteiger partial charge in [0.15, 0.2) is 0 Å². The summed E-state index contributed by atoms with van der Waals surface area (Å²) in [5.41, 5.74) is 2.70. The quantitative estimate of drug-likeness (QED) is 0.792. The molecule has 20 heavy (non-hydrogen) atoms. The molecule has 1 aliphatic rings. The van der Waals surface area contributed by atoms with E-state index < -0.39 is 0 Å². The Hall–Kier alpha value is -1.81. The van der Waals surface area contributed by atoms with Crippen LogP contribution in [0.1, 0.15) is 24.2 Å². The summed E-state index contributed by atoms with van der Waals surface area (Å²) < 4.78 is 0. The van der Waals surface area contributed by atoms with Crippen molar-refractivity contribution in [2.45, 2.75) is 25.8 Å². The van der Waals surface area contributed by atoms with Gasteiger partial charge in [0.2, 0.25) is 0 Å². The van der Waals surface area contributed by atoms with Gasteiger partial charge >= 0.3 is 0 Å². The van der Waals surface area contributed by atoms with Gasteiger partial charge < -0.3 is 15.2 Å². The van der Waals surface area contributed by atoms with Gasteiger partial charge in [-0.15, -0.1) is 0 Å². The van der Waals surface area contributed by atoms with Gasteiger partial charge in [-0.05, 0) is 30.5 Å². The van der Waals surface area contributed by atoms with Crippen molar-refractivity contribution in [2.24, 2.45) is 0 Å². The summed E-state index contributed by atoms with van der Waals surface area (Å²) in [6, 6.07) is 8.95. The van der Waals surface area contributed by atoms with Crippen molar-refractivity contribution in [1.29, 1.82) is 0 Å². The number of aromatic amines is 1. The summed E-state index contributed by atoms with van der Waals surface area (Å²) in [5.74, 6) is 1.04. The third-order valence-electron chi connectivity index (χ3n) is 3.83. The molecule has 4 nitrogen and oxygen atoms in total. The SMILES string of the molecule is c1c[nH]c(CCNCc2ccc(N3CCCC3)cc2)n1. The third-order valence-corrected chi connectivity index (χ3v) is 3.83. The maximum Gasteiger partial charge on any atom is 0.107 e. The number of hydrogen-bond donors (Lipinski definition) is 2. The van der Waals surface area contributed by atoms with Crippen molar-refractivity contribution >= 4 is 5.69 Å². The number of benzene rings is 1. The number of nitrogens with zero attached hydrogens (tertiary/aromatic N) is 2. The highest BCUT2D eigenvalue weighted by molar-refractivity contribution is 5.48. The van der Waals surface area contributed by atoms with Crippen LogP contribution in [-0.2, 0) is 13.0 Å². The number of aromatic nitrogens is 2. The molecule has 1 saturated heterocycles. The fraction of sp³-hybridized carbons (Fsp3) is 0.438. The smallest absolute Gasteiger partial charge is 0.107 e. The maximum atomic E-state index is 4.22. The Morgan fingerprint density at radius 3 is 2.65 bits per heavy atom. The lowest BCUT2D eigenvalue weighted by molar-refractivity contribution is 0.674. The van der Waals surface area contributed by atoms with Crippen molar-refractivity contribution in [2.75, 3.05) is 24.5 Å². The monoisotopic (exact) mass is 270 g/mol. The van der Waals surface area contributed by atoms with E-state index in [2.05, 4.69) is 44.5 Å². The summed E-state index contributed by atoms with van der Waals surface area (Å²) in [6.45, 7) is 4.28. The lowest BCUT2D eigenvalue weighted by Crippen LogP contribution is -2.18. The topological polar surface area (TPSA) is 44.0 Å². The van der Waals surface area contributed by atoms with E-state index >= 15 is 0 Å². The van der Waals surface area contributed by atoms with E-state index in [1.807, 2.05) is 6.20 Å². The van der Waals surface area contributed by atoms with Crippen LogP contribution in [-0.4, -0.2) is 29.6 Å². The highest BCUT2D eigenvalue weighted by atomic mass is 15.1. The number of rotatable bonds is 6. The van der Waals surface area contributed by atoms with Crippen molar-refractivity contribution in [3.63, 3.8) is 0 Å². The second kappa shape index (κ2) is 6.57. The molecular weight excluding hydrogens is 248 g/mol. The summed E-state index contributed by atoms with van der Waals surface area (Å²) in [6.07, 6.45) is 7.27. The van der Waals surface area contributed by atoms with E-state index in [0.29, 0.717) is 0 Å². The van der Waals surface area contributed by atoms with Crippen LogP contribution in [0.5, 0.6) is 0 Å². The molecule has 2 aromatic rings. The fourth-order valence-electron chi connectivity index (χ4n) is 2.67. The van der Waals surface area contributed by atoms with Crippen LogP contribution in [0.2, 0.25) is 0 Å². The largest absolute Gasteiger partial charge is 0.372 e. The zero-order chi connectivity index (χ0) is 13.6. The zero-order valence-electron chi connectivity index (χ0n) is 11.8. The lowest BCUT2D eigenvalue weighted by Gasteiger charge is -2.17. The Kier molecular flexibility index (Phi) is 4.33. The van der Waals surface area contributed by atoms with Gasteiger partial charge in [-0.2, -0.15) is 0 Å². The highest BCUT2D eigenvalue weighted by Gasteiger charge is 2.11. The van der Waals surface area contributed by atoms with Crippen LogP contribution < -0.4 is 10.2 Å². The average Bonchev–Trinajstić information content (AvgIpc) is 3.17. The predicted molar refractivity (Wildman–Crippen MR) is 81.9 cm³/mol. The van der Waals surface area contributed by atoms with Crippen molar-refractivity contribution < 1.29 is 0 Å². The summed E-state index contributed by atoms with van der Waals surface area (Å²) in [7, 11) is 0. The van der Waals surface area contributed by atoms with Crippen LogP contribution >= 0.6 is 0 Å². The van der Waals surface area contributed by atoms with Crippen molar-refractivity contribution in [3.8, 4) is 0 Å². The molecule has 1 aromatic heterocycles. The molecule has 0 atom stereocenters. The van der Waals surface area contributed by atoms with Crippen LogP contribution in [0.4, 0.5) is 5.69 Å². The van der Waals surface area contributed by atoms with Gasteiger partial charge in [0, 0.05) is 50.7 Å². The molecule has 0 unspecified atom stereocenters. The van der Waals surface area contributed by atoms with E-state index in [1.165, 1.54) is 37.2 Å². The van der Waals surface area contributed by atoms with Crippen molar-refractivity contribution in [3.05, 3.63) is 48.0 Å². The van der Waals surface area contributed by atoms with Gasteiger partial charge in [0.05, 0.1) is 0 Å². The Labute approximate surface area is 120 Å². The first-order valence-electron chi connectivity index (χ1n) is 7.45. The fourth-order valence-corrected chi connectivity index (χ4v) is 2.67. The molecule has 1 fully saturated rings. The van der Waals surface area contributed by atoms with Gasteiger partial charge in [-0.3, -0.25) is 0 Å². The average molecular weight is 270 g/mol. The first kappa shape index (κ1) is 13.2. The number of nitrogens with one attached hydrogen (secondary N) is 2. The minimum atomic E-state index is 0.918. The molecule has 0 aliphatic carbocycles. The van der Waals surface area contributed by atoms with Gasteiger partial charge in [-0.1, -0.05) is 12.1 Å². The number of anilines is 1. The highest BCUT2D eigenvalue weighted by Crippen LogP contribution is 2.20. The standard InChI is InChI=1S/C16H22N4/c1-2-12-20(11-1)15-5-3-14(4-6-15)13-17-8-7-16-18-9-10-19-16/h3-6,9-10,17H,1-2,7-8,11-13H2,(H,18,19). The number of H-pyrrole nitrogens is 1. The molecule has 2 heterocycles. The van der Waals surface area contributed by atoms with E-state index in [1.54, 1.807) is 6.20 Å². The summed E-state index contributed by atoms with van der Waals surface area (Å²) >= 11 is 0. The minimum Gasteiger partial charge on any atom is -0.372 e. The van der Waals surface area contributed by atoms with Gasteiger partial charge in [0.1, 0.15) is 5.82 Å². The summed E-state index contributed by atoms with van der Waals surface area (Å²) in [5, 5.41) is 3.46. The molecule has 0 amide bonds. The Bertz CT molecular complexity index is 498. The molecule has 0 bridgehead atoms. The Balaban J connectivity index is 1.43. The Morgan fingerprint density at radius 2 is 1.95 bits per heavy atom. The lowest BCUT2D eigenvalue weighted by atomic mass is 10.2. The molecular formula is C16H22N4. The molecule has 106 valence electrons. The van der Waals surface area contributed by atoms with Crippen LogP contribution in [0.25, 0.3) is 0 Å². The molecule has 1 aromatic carbocycles. The van der Waals surface area contributed by atoms with E-state index in [-0.39, 0.29) is 0 Å². The molecule has 0 spiro atoms. The first-order valence-corrected chi connectivity index (χ1v) is 7.45. The van der Waals surface area contributed by atoms with E-state index in [9.17, 15) is 0 Å². The summed E-state index contributed by atoms with van der Waals surface area (Å²) in [4.78, 5) is 9.80. The second-order valence-corrected chi connectivity index (χ2v) is 5.32. The molecule has 3 rings (SSSR count). The van der Waals surface area contributed by atoms with E-state index in [0.717, 1.165) is 25.3 Å². The first-order chi connectivity index (χ1) is 9.92. The third kappa shape index (κ3) is 3.39. The van der Waals surface area contributed by atoms with E-state index in [4.69, 9.17) is 0 Å². The molecule has 1 aliphatic heterocycles. The maximum absolute atomic E-state index is 4.22. The number of hydrogen-bond acceptors (Lipinski definition) is 3. The van der Waals surface area contributed by atoms with Gasteiger partial charge in [-0.25, -0.2) is 4.98 Å². The Morgan fingerprint density at radius 1 is 1.15 bits per heavy atom. The second-order valence-electron chi connectivity index (χ2n) is 5.32. The zero-order valence-corrected chi connectivity index (χ0v) is 11.8. The molecule has 4 heteroatoms. The van der Waals surface area contributed by atoms with Crippen LogP contribution in [0.15, 0.2) is 36.7 Å². The molecule has 0 saturated carbocycles. The predicted octanol–water partition coefficient (Wildman–Crippen LogP) is 2.34. The molecule has 0 radical (unpaired) electrons.